The Labute approximate surface area is 237 Å². The summed E-state index contributed by atoms with van der Waals surface area (Å²) < 4.78 is 9.21. The van der Waals surface area contributed by atoms with Crippen molar-refractivity contribution < 1.29 is 9.53 Å². The van der Waals surface area contributed by atoms with Gasteiger partial charge in [-0.25, -0.2) is 0 Å². The van der Waals surface area contributed by atoms with E-state index in [1.807, 2.05) is 36.6 Å². The number of benzene rings is 2. The molecule has 3 rings (SSSR count). The number of thioether (sulfide) groups is 1. The van der Waals surface area contributed by atoms with Gasteiger partial charge in [-0.15, -0.1) is 16.8 Å². The Bertz CT molecular complexity index is 1250. The van der Waals surface area contributed by atoms with Crippen LogP contribution in [0.1, 0.15) is 54.3 Å². The number of aryl methyl sites for hydroxylation is 4. The van der Waals surface area contributed by atoms with E-state index in [9.17, 15) is 4.79 Å². The second-order valence-electron chi connectivity index (χ2n) is 9.32. The number of hydrogen-bond donors (Lipinski definition) is 1. The third kappa shape index (κ3) is 7.85. The molecular formula is C28H34BrClN4O2S. The number of anilines is 1. The number of hydrogen-bond acceptors (Lipinski definition) is 5. The first-order chi connectivity index (χ1) is 17.6. The predicted octanol–water partition coefficient (Wildman–Crippen LogP) is 7.67. The van der Waals surface area contributed by atoms with Gasteiger partial charge in [0.15, 0.2) is 5.16 Å². The number of allylic oxidation sites excluding steroid dienone is 1. The number of nitrogens with one attached hydrogen (secondary N) is 1. The zero-order valence-electron chi connectivity index (χ0n) is 22.0. The molecule has 0 bridgehead atoms. The van der Waals surface area contributed by atoms with Gasteiger partial charge < -0.3 is 14.6 Å². The van der Waals surface area contributed by atoms with E-state index in [4.69, 9.17) is 16.3 Å². The number of aromatic nitrogens is 3. The molecule has 0 unspecified atom stereocenters. The molecule has 1 amide bonds. The SMILES string of the molecule is C=CCn1c(CCCOc2cc(C(C)C)c(Br)cc2C)nnc1SCC(=O)Nc1c(C)cc(C)cc1Cl. The molecule has 0 saturated carbocycles. The van der Waals surface area contributed by atoms with Crippen molar-refractivity contribution in [3.63, 3.8) is 0 Å². The molecule has 0 radical (unpaired) electrons. The van der Waals surface area contributed by atoms with Gasteiger partial charge in [-0.05, 0) is 73.6 Å². The van der Waals surface area contributed by atoms with E-state index in [1.165, 1.54) is 17.3 Å². The molecule has 0 aliphatic heterocycles. The van der Waals surface area contributed by atoms with Crippen molar-refractivity contribution in [3.05, 3.63) is 74.5 Å². The van der Waals surface area contributed by atoms with Crippen LogP contribution in [-0.4, -0.2) is 33.0 Å². The van der Waals surface area contributed by atoms with Gasteiger partial charge in [0.05, 0.1) is 23.1 Å². The summed E-state index contributed by atoms with van der Waals surface area (Å²) in [4.78, 5) is 12.6. The van der Waals surface area contributed by atoms with Crippen molar-refractivity contribution >= 4 is 50.9 Å². The van der Waals surface area contributed by atoms with Crippen molar-refractivity contribution in [1.82, 2.24) is 14.8 Å². The summed E-state index contributed by atoms with van der Waals surface area (Å²) in [6.45, 7) is 15.3. The minimum Gasteiger partial charge on any atom is -0.493 e. The summed E-state index contributed by atoms with van der Waals surface area (Å²) in [5.74, 6) is 2.21. The van der Waals surface area contributed by atoms with Crippen LogP contribution < -0.4 is 10.1 Å². The van der Waals surface area contributed by atoms with Gasteiger partial charge in [-0.2, -0.15) is 0 Å². The minimum absolute atomic E-state index is 0.146. The van der Waals surface area contributed by atoms with E-state index in [-0.39, 0.29) is 11.7 Å². The van der Waals surface area contributed by atoms with E-state index in [0.717, 1.165) is 39.2 Å². The van der Waals surface area contributed by atoms with Crippen molar-refractivity contribution in [2.75, 3.05) is 17.7 Å². The molecule has 6 nitrogen and oxygen atoms in total. The standard InChI is InChI=1S/C28H34BrClN4O2S/c1-7-10-34-25(9-8-11-36-24-15-21(17(2)3)22(29)14-19(24)5)32-33-28(34)37-16-26(35)31-27-20(6)12-18(4)13-23(27)30/h7,12-15,17H,1,8-11,16H2,2-6H3,(H,31,35). The Hall–Kier alpha value is -2.29. The number of ether oxygens (including phenoxy) is 1. The number of amides is 1. The van der Waals surface area contributed by atoms with Gasteiger partial charge >= 0.3 is 0 Å². The lowest BCUT2D eigenvalue weighted by Gasteiger charge is -2.15. The molecule has 3 aromatic rings. The maximum Gasteiger partial charge on any atom is 0.234 e. The second kappa shape index (κ2) is 13.5. The molecule has 0 aliphatic carbocycles. The smallest absolute Gasteiger partial charge is 0.234 e. The lowest BCUT2D eigenvalue weighted by molar-refractivity contribution is -0.113. The summed E-state index contributed by atoms with van der Waals surface area (Å²) in [5, 5.41) is 12.8. The van der Waals surface area contributed by atoms with E-state index < -0.39 is 0 Å². The fourth-order valence-corrected chi connectivity index (χ4v) is 6.03. The molecule has 1 aromatic heterocycles. The van der Waals surface area contributed by atoms with Crippen molar-refractivity contribution in [3.8, 4) is 5.75 Å². The highest BCUT2D eigenvalue weighted by Gasteiger charge is 2.16. The fourth-order valence-electron chi connectivity index (χ4n) is 3.98. The van der Waals surface area contributed by atoms with Crippen molar-refractivity contribution in [2.45, 2.75) is 65.1 Å². The number of carbonyl (C=O) groups is 1. The Morgan fingerprint density at radius 3 is 2.65 bits per heavy atom. The molecule has 2 aromatic carbocycles. The van der Waals surface area contributed by atoms with Crippen molar-refractivity contribution in [1.29, 1.82) is 0 Å². The summed E-state index contributed by atoms with van der Waals surface area (Å²) in [6.07, 6.45) is 3.30. The van der Waals surface area contributed by atoms with E-state index in [2.05, 4.69) is 70.9 Å². The summed E-state index contributed by atoms with van der Waals surface area (Å²) >= 11 is 11.3. The zero-order chi connectivity index (χ0) is 27.1. The third-order valence-electron chi connectivity index (χ3n) is 5.85. The van der Waals surface area contributed by atoms with Crippen LogP contribution in [0, 0.1) is 20.8 Å². The van der Waals surface area contributed by atoms with Gasteiger partial charge in [-0.1, -0.05) is 65.3 Å². The number of carbonyl (C=O) groups excluding carboxylic acids is 1. The van der Waals surface area contributed by atoms with Gasteiger partial charge in [0.25, 0.3) is 0 Å². The number of nitrogens with zero attached hydrogens (tertiary/aromatic N) is 3. The third-order valence-corrected chi connectivity index (χ3v) is 7.80. The fraction of sp³-hybridized carbons (Fsp3) is 0.393. The number of halogens is 2. The summed E-state index contributed by atoms with van der Waals surface area (Å²) in [6, 6.07) is 8.07. The van der Waals surface area contributed by atoms with Crippen LogP contribution in [0.3, 0.4) is 0 Å². The topological polar surface area (TPSA) is 69.0 Å². The predicted molar refractivity (Wildman–Crippen MR) is 157 cm³/mol. The van der Waals surface area contributed by atoms with Gasteiger partial charge in [0.1, 0.15) is 11.6 Å². The van der Waals surface area contributed by atoms with E-state index in [0.29, 0.717) is 41.4 Å². The summed E-state index contributed by atoms with van der Waals surface area (Å²) in [7, 11) is 0. The summed E-state index contributed by atoms with van der Waals surface area (Å²) in [5.41, 5.74) is 4.97. The van der Waals surface area contributed by atoms with Gasteiger partial charge in [0, 0.05) is 17.4 Å². The highest BCUT2D eigenvalue weighted by molar-refractivity contribution is 9.10. The van der Waals surface area contributed by atoms with Gasteiger partial charge in [0.2, 0.25) is 5.91 Å². The Morgan fingerprint density at radius 2 is 1.97 bits per heavy atom. The second-order valence-corrected chi connectivity index (χ2v) is 11.5. The average molecular weight is 606 g/mol. The molecule has 0 atom stereocenters. The maximum absolute atomic E-state index is 12.6. The van der Waals surface area contributed by atoms with E-state index >= 15 is 0 Å². The van der Waals surface area contributed by atoms with Crippen LogP contribution in [0.5, 0.6) is 5.75 Å². The molecule has 37 heavy (non-hydrogen) atoms. The van der Waals surface area contributed by atoms with Crippen LogP contribution >= 0.6 is 39.3 Å². The molecule has 198 valence electrons. The molecular weight excluding hydrogens is 572 g/mol. The highest BCUT2D eigenvalue weighted by atomic mass is 79.9. The molecule has 1 N–H and O–H groups in total. The van der Waals surface area contributed by atoms with Crippen molar-refractivity contribution in [2.24, 2.45) is 0 Å². The first kappa shape index (κ1) is 29.3. The molecule has 0 spiro atoms. The Balaban J connectivity index is 1.58. The van der Waals surface area contributed by atoms with Crippen LogP contribution in [0.25, 0.3) is 0 Å². The largest absolute Gasteiger partial charge is 0.493 e. The molecule has 0 saturated heterocycles. The first-order valence-electron chi connectivity index (χ1n) is 12.3. The maximum atomic E-state index is 12.6. The van der Waals surface area contributed by atoms with Crippen LogP contribution in [-0.2, 0) is 17.8 Å². The van der Waals surface area contributed by atoms with Crippen LogP contribution in [0.15, 0.2) is 46.5 Å². The lowest BCUT2D eigenvalue weighted by atomic mass is 10.0. The lowest BCUT2D eigenvalue weighted by Crippen LogP contribution is -2.16. The normalized spacial score (nSPS) is 11.1. The van der Waals surface area contributed by atoms with Crippen LogP contribution in [0.2, 0.25) is 5.02 Å². The molecule has 0 fully saturated rings. The average Bonchev–Trinajstić information content (AvgIpc) is 3.20. The zero-order valence-corrected chi connectivity index (χ0v) is 25.2. The Kier molecular flexibility index (Phi) is 10.7. The highest BCUT2D eigenvalue weighted by Crippen LogP contribution is 2.32. The quantitative estimate of drug-likeness (QED) is 0.130. The Morgan fingerprint density at radius 1 is 1.22 bits per heavy atom. The minimum atomic E-state index is -0.146. The van der Waals surface area contributed by atoms with Crippen LogP contribution in [0.4, 0.5) is 5.69 Å². The monoisotopic (exact) mass is 604 g/mol. The molecule has 0 aliphatic rings. The van der Waals surface area contributed by atoms with Gasteiger partial charge in [-0.3, -0.25) is 4.79 Å². The first-order valence-corrected chi connectivity index (χ1v) is 14.4. The van der Waals surface area contributed by atoms with E-state index in [1.54, 1.807) is 0 Å². The molecule has 9 heteroatoms. The number of rotatable bonds is 12. The molecule has 1 heterocycles.